The number of aryl methyl sites for hydroxylation is 1. The molecule has 0 bridgehead atoms. The van der Waals surface area contributed by atoms with Gasteiger partial charge in [0.05, 0.1) is 30.1 Å². The van der Waals surface area contributed by atoms with Gasteiger partial charge in [0, 0.05) is 44.0 Å². The van der Waals surface area contributed by atoms with E-state index in [1.54, 1.807) is 24.3 Å². The quantitative estimate of drug-likeness (QED) is 0.176. The lowest BCUT2D eigenvalue weighted by molar-refractivity contribution is 0.0904. The van der Waals surface area contributed by atoms with Crippen LogP contribution in [0.2, 0.25) is 0 Å². The first-order valence-electron chi connectivity index (χ1n) is 17.9. The molecule has 1 aromatic heterocycles. The molecule has 0 saturated carbocycles. The molecule has 0 saturated heterocycles. The fourth-order valence-corrected chi connectivity index (χ4v) is 8.82. The number of ether oxygens (including phenoxy) is 2. The fourth-order valence-electron chi connectivity index (χ4n) is 7.25. The number of para-hydroxylation sites is 1. The fraction of sp³-hybridized carbons (Fsp3) is 0.410. The molecule has 4 aromatic rings. The van der Waals surface area contributed by atoms with Gasteiger partial charge in [-0.25, -0.2) is 18.4 Å². The summed E-state index contributed by atoms with van der Waals surface area (Å²) >= 11 is 0. The van der Waals surface area contributed by atoms with Crippen LogP contribution in [0.4, 0.5) is 11.4 Å². The number of hydrazine groups is 2. The maximum absolute atomic E-state index is 14.1. The summed E-state index contributed by atoms with van der Waals surface area (Å²) in [6.45, 7) is 13.1. The van der Waals surface area contributed by atoms with Gasteiger partial charge in [0.1, 0.15) is 23.4 Å². The van der Waals surface area contributed by atoms with Gasteiger partial charge in [-0.2, -0.15) is 4.31 Å². The molecule has 2 aliphatic heterocycles. The predicted molar refractivity (Wildman–Crippen MR) is 204 cm³/mol. The van der Waals surface area contributed by atoms with Gasteiger partial charge in [-0.1, -0.05) is 43.3 Å². The number of benzene rings is 3. The lowest BCUT2D eigenvalue weighted by atomic mass is 9.74. The first-order valence-corrected chi connectivity index (χ1v) is 19.4. The number of nitrogens with one attached hydrogen (secondary N) is 2. The summed E-state index contributed by atoms with van der Waals surface area (Å²) in [7, 11) is -1.90. The first-order chi connectivity index (χ1) is 25.3. The molecule has 14 heteroatoms. The first kappa shape index (κ1) is 38.0. The number of aliphatic hydroxyl groups excluding tert-OH is 1. The Morgan fingerprint density at radius 2 is 1.85 bits per heavy atom. The highest BCUT2D eigenvalue weighted by Crippen LogP contribution is 2.44. The van der Waals surface area contributed by atoms with E-state index in [1.165, 1.54) is 16.7 Å². The van der Waals surface area contributed by atoms with Crippen molar-refractivity contribution in [3.63, 3.8) is 0 Å². The van der Waals surface area contributed by atoms with Crippen LogP contribution in [0, 0.1) is 13.8 Å². The number of amides is 1. The van der Waals surface area contributed by atoms with Crippen LogP contribution in [0.3, 0.4) is 0 Å². The van der Waals surface area contributed by atoms with Crippen molar-refractivity contribution in [2.24, 2.45) is 0 Å². The minimum atomic E-state index is -3.87. The molecule has 0 unspecified atom stereocenters. The SMILES string of the molecule is CC[C@@H]1CN(Cc2cc([C@@H](c3ccc4c(c3C)NN(C)N4CC)C(C)(C)NC(=O)c3cnc(OCCO)nc3)ccc2C)S(=O)(=O)c2ccccc2O1. The van der Waals surface area contributed by atoms with Crippen molar-refractivity contribution in [1.29, 1.82) is 0 Å². The standard InChI is InChI=1S/C39H49N7O6S/c1-8-30-24-45(53(49,50)34-13-11-10-12-33(34)52-30)23-28-20-27(15-14-25(28)3)35(31-16-17-32-36(26(31)4)43-44(7)46(32)9-2)39(5,6)42-37(48)29-21-40-38(41-22-29)51-19-18-47/h10-17,20-22,30,35,43,47H,8-9,18-19,23-24H2,1-7H3,(H,42,48)/t30-,35+/m1/s1. The maximum Gasteiger partial charge on any atom is 0.316 e. The summed E-state index contributed by atoms with van der Waals surface area (Å²) in [5.41, 5.74) is 9.67. The summed E-state index contributed by atoms with van der Waals surface area (Å²) in [6, 6.07) is 17.3. The van der Waals surface area contributed by atoms with E-state index in [2.05, 4.69) is 63.8 Å². The van der Waals surface area contributed by atoms with E-state index in [9.17, 15) is 13.2 Å². The Bertz CT molecular complexity index is 2080. The van der Waals surface area contributed by atoms with Crippen LogP contribution in [-0.2, 0) is 16.6 Å². The summed E-state index contributed by atoms with van der Waals surface area (Å²) < 4.78 is 41.2. The number of sulfonamides is 1. The molecule has 0 fully saturated rings. The Balaban J connectivity index is 1.41. The van der Waals surface area contributed by atoms with Gasteiger partial charge in [-0.05, 0) is 87.1 Å². The van der Waals surface area contributed by atoms with Gasteiger partial charge in [0.25, 0.3) is 5.91 Å². The highest BCUT2D eigenvalue weighted by atomic mass is 32.2. The summed E-state index contributed by atoms with van der Waals surface area (Å²) in [6.07, 6.45) is 3.14. The zero-order valence-electron chi connectivity index (χ0n) is 31.4. The van der Waals surface area contributed by atoms with Crippen LogP contribution in [0.15, 0.2) is 71.9 Å². The molecule has 282 valence electrons. The molecule has 6 rings (SSSR count). The van der Waals surface area contributed by atoms with Crippen molar-refractivity contribution in [2.75, 3.05) is 43.8 Å². The molecule has 3 N–H and O–H groups in total. The zero-order valence-corrected chi connectivity index (χ0v) is 32.2. The van der Waals surface area contributed by atoms with Gasteiger partial charge < -0.3 is 19.9 Å². The Hall–Kier alpha value is -4.76. The minimum absolute atomic E-state index is 0.0452. The van der Waals surface area contributed by atoms with Crippen LogP contribution in [-0.4, -0.2) is 83.8 Å². The number of aliphatic hydroxyl groups is 1. The number of hydrogen-bond donors (Lipinski definition) is 3. The molecular weight excluding hydrogens is 695 g/mol. The lowest BCUT2D eigenvalue weighted by Crippen LogP contribution is -2.48. The predicted octanol–water partition coefficient (Wildman–Crippen LogP) is 5.18. The van der Waals surface area contributed by atoms with Crippen molar-refractivity contribution in [3.8, 4) is 11.8 Å². The van der Waals surface area contributed by atoms with Gasteiger partial charge in [0.2, 0.25) is 10.0 Å². The van der Waals surface area contributed by atoms with E-state index in [1.807, 2.05) is 45.9 Å². The Morgan fingerprint density at radius 3 is 2.55 bits per heavy atom. The number of carbonyl (C=O) groups excluding carboxylic acids is 1. The average Bonchev–Trinajstić information content (AvgIpc) is 3.42. The van der Waals surface area contributed by atoms with E-state index < -0.39 is 15.6 Å². The molecule has 0 aliphatic carbocycles. The second kappa shape index (κ2) is 15.3. The van der Waals surface area contributed by atoms with E-state index in [0.29, 0.717) is 12.2 Å². The van der Waals surface area contributed by atoms with Crippen molar-refractivity contribution < 1.29 is 27.8 Å². The second-order valence-electron chi connectivity index (χ2n) is 14.0. The average molecular weight is 744 g/mol. The number of nitrogens with zero attached hydrogens (tertiary/aromatic N) is 5. The van der Waals surface area contributed by atoms with Gasteiger partial charge in [-0.15, -0.1) is 5.12 Å². The van der Waals surface area contributed by atoms with Crippen molar-refractivity contribution in [1.82, 2.24) is 24.7 Å². The number of carbonyl (C=O) groups is 1. The monoisotopic (exact) mass is 743 g/mol. The van der Waals surface area contributed by atoms with Crippen molar-refractivity contribution >= 4 is 27.3 Å². The molecule has 1 amide bonds. The second-order valence-corrected chi connectivity index (χ2v) is 15.9. The van der Waals surface area contributed by atoms with E-state index in [-0.39, 0.29) is 60.7 Å². The Morgan fingerprint density at radius 1 is 1.11 bits per heavy atom. The van der Waals surface area contributed by atoms with Gasteiger partial charge in [-0.3, -0.25) is 15.2 Å². The van der Waals surface area contributed by atoms with E-state index in [0.717, 1.165) is 45.7 Å². The van der Waals surface area contributed by atoms with Crippen LogP contribution < -0.4 is 25.2 Å². The van der Waals surface area contributed by atoms with Crippen molar-refractivity contribution in [3.05, 3.63) is 100 Å². The highest BCUT2D eigenvalue weighted by molar-refractivity contribution is 7.89. The van der Waals surface area contributed by atoms with Crippen LogP contribution in [0.25, 0.3) is 0 Å². The number of hydrogen-bond acceptors (Lipinski definition) is 11. The van der Waals surface area contributed by atoms with Gasteiger partial charge in [0.15, 0.2) is 0 Å². The Kier molecular flexibility index (Phi) is 11.0. The third-order valence-electron chi connectivity index (χ3n) is 10.1. The molecule has 53 heavy (non-hydrogen) atoms. The smallest absolute Gasteiger partial charge is 0.316 e. The third-order valence-corrected chi connectivity index (χ3v) is 11.9. The number of rotatable bonds is 12. The third kappa shape index (κ3) is 7.54. The largest absolute Gasteiger partial charge is 0.488 e. The van der Waals surface area contributed by atoms with Crippen LogP contribution in [0.1, 0.15) is 78.2 Å². The maximum atomic E-state index is 14.1. The van der Waals surface area contributed by atoms with Gasteiger partial charge >= 0.3 is 6.01 Å². The lowest BCUT2D eigenvalue weighted by Gasteiger charge is -2.37. The normalized spacial score (nSPS) is 17.6. The number of anilines is 2. The molecule has 2 aliphatic rings. The van der Waals surface area contributed by atoms with Crippen LogP contribution >= 0.6 is 0 Å². The summed E-state index contributed by atoms with van der Waals surface area (Å²) in [5, 5.41) is 16.4. The highest BCUT2D eigenvalue weighted by Gasteiger charge is 2.38. The minimum Gasteiger partial charge on any atom is -0.488 e. The molecule has 0 radical (unpaired) electrons. The summed E-state index contributed by atoms with van der Waals surface area (Å²) in [4.78, 5) is 22.3. The zero-order chi connectivity index (χ0) is 38.1. The molecule has 13 nitrogen and oxygen atoms in total. The molecule has 0 spiro atoms. The molecular formula is C39H49N7O6S. The topological polar surface area (TPSA) is 149 Å². The van der Waals surface area contributed by atoms with E-state index >= 15 is 0 Å². The van der Waals surface area contributed by atoms with Crippen molar-refractivity contribution in [2.45, 2.75) is 77.0 Å². The molecule has 3 aromatic carbocycles. The Labute approximate surface area is 311 Å². The number of fused-ring (bicyclic) bond motifs is 2. The molecule has 3 heterocycles. The summed E-state index contributed by atoms with van der Waals surface area (Å²) in [5.74, 6) is -0.370. The van der Waals surface area contributed by atoms with E-state index in [4.69, 9.17) is 14.6 Å². The molecule has 2 atom stereocenters. The van der Waals surface area contributed by atoms with Crippen LogP contribution in [0.5, 0.6) is 11.8 Å². The number of aromatic nitrogens is 2.